The number of piperidine rings is 1. The lowest BCUT2D eigenvalue weighted by Gasteiger charge is -2.43. The molecule has 0 aliphatic carbocycles. The Morgan fingerprint density at radius 3 is 2.58 bits per heavy atom. The zero-order chi connectivity index (χ0) is 27.7. The molecule has 1 amide bonds. The Kier molecular flexibility index (Phi) is 7.35. The summed E-state index contributed by atoms with van der Waals surface area (Å²) in [5.74, 6) is -0.0924. The summed E-state index contributed by atoms with van der Waals surface area (Å²) >= 11 is 0. The Bertz CT molecular complexity index is 1460. The standard InChI is InChI=1S/C30H34N4O5S/c35-25-18-26-29(36)32-30(10-14-33(15-11-30)20-22-5-4-13-31-19-22)12-16-39-27-17-24(23-6-2-1-3-7-23)8-9-28(27)40(37,38)34(26)21-25/h1-9,13,17,19,25-26,35H,10-12,14-16,18,20-21H2,(H,32,36)/t25-,26+/m1/s1. The molecule has 2 fully saturated rings. The number of aliphatic hydroxyl groups excluding tert-OH is 1. The van der Waals surface area contributed by atoms with Crippen LogP contribution in [-0.4, -0.2) is 77.5 Å². The molecule has 1 aromatic heterocycles. The minimum Gasteiger partial charge on any atom is -0.492 e. The Morgan fingerprint density at radius 1 is 1.02 bits per heavy atom. The summed E-state index contributed by atoms with van der Waals surface area (Å²) in [6.07, 6.45) is 4.74. The van der Waals surface area contributed by atoms with Crippen LogP contribution in [-0.2, 0) is 21.4 Å². The minimum atomic E-state index is -4.11. The number of pyridine rings is 1. The molecule has 40 heavy (non-hydrogen) atoms. The molecule has 3 aromatic rings. The van der Waals surface area contributed by atoms with Gasteiger partial charge in [-0.1, -0.05) is 42.5 Å². The van der Waals surface area contributed by atoms with E-state index in [-0.39, 0.29) is 36.1 Å². The van der Waals surface area contributed by atoms with Crippen molar-refractivity contribution in [3.8, 4) is 16.9 Å². The third-order valence-corrected chi connectivity index (χ3v) is 10.3. The molecule has 10 heteroatoms. The number of aliphatic hydroxyl groups is 1. The number of likely N-dealkylation sites (tertiary alicyclic amines) is 1. The topological polar surface area (TPSA) is 112 Å². The summed E-state index contributed by atoms with van der Waals surface area (Å²) in [5.41, 5.74) is 2.40. The molecule has 0 saturated carbocycles. The Hall–Kier alpha value is -3.31. The molecule has 9 nitrogen and oxygen atoms in total. The van der Waals surface area contributed by atoms with Crippen LogP contribution in [0.2, 0.25) is 0 Å². The summed E-state index contributed by atoms with van der Waals surface area (Å²) in [4.78, 5) is 20.2. The number of nitrogens with zero attached hydrogens (tertiary/aromatic N) is 3. The van der Waals surface area contributed by atoms with Gasteiger partial charge in [-0.2, -0.15) is 4.31 Å². The summed E-state index contributed by atoms with van der Waals surface area (Å²) in [5, 5.41) is 13.7. The fourth-order valence-electron chi connectivity index (χ4n) is 6.09. The summed E-state index contributed by atoms with van der Waals surface area (Å²) in [6.45, 7) is 2.46. The molecule has 0 unspecified atom stereocenters. The van der Waals surface area contributed by atoms with Crippen molar-refractivity contribution < 1.29 is 23.1 Å². The molecule has 2 atom stereocenters. The van der Waals surface area contributed by atoms with Crippen LogP contribution in [0.4, 0.5) is 0 Å². The number of carbonyl (C=O) groups excluding carboxylic acids is 1. The normalized spacial score (nSPS) is 24.8. The van der Waals surface area contributed by atoms with Gasteiger partial charge in [-0.25, -0.2) is 8.42 Å². The lowest BCUT2D eigenvalue weighted by molar-refractivity contribution is -0.127. The second-order valence-electron chi connectivity index (χ2n) is 11.0. The van der Waals surface area contributed by atoms with Gasteiger partial charge in [0.15, 0.2) is 0 Å². The fourth-order valence-corrected chi connectivity index (χ4v) is 7.84. The van der Waals surface area contributed by atoms with Crippen molar-refractivity contribution in [3.63, 3.8) is 0 Å². The quantitative estimate of drug-likeness (QED) is 0.505. The average molecular weight is 563 g/mol. The molecule has 0 bridgehead atoms. The van der Waals surface area contributed by atoms with Gasteiger partial charge < -0.3 is 15.2 Å². The van der Waals surface area contributed by atoms with E-state index in [1.165, 1.54) is 0 Å². The Morgan fingerprint density at radius 2 is 1.82 bits per heavy atom. The lowest BCUT2D eigenvalue weighted by Crippen LogP contribution is -2.59. The van der Waals surface area contributed by atoms with E-state index in [0.717, 1.165) is 40.6 Å². The van der Waals surface area contributed by atoms with E-state index in [1.54, 1.807) is 24.4 Å². The SMILES string of the molecule is O=C1NC2(CCOc3cc(-c4ccccc4)ccc3S(=O)(=O)N3C[C@H](O)C[C@@H]13)CCN(Cc1cccnc1)CC2. The second kappa shape index (κ2) is 10.9. The molecule has 1 spiro atoms. The molecule has 3 aliphatic heterocycles. The lowest BCUT2D eigenvalue weighted by atomic mass is 9.84. The highest BCUT2D eigenvalue weighted by molar-refractivity contribution is 7.89. The Balaban J connectivity index is 1.31. The third-order valence-electron chi connectivity index (χ3n) is 8.34. The van der Waals surface area contributed by atoms with Gasteiger partial charge in [0.25, 0.3) is 0 Å². The van der Waals surface area contributed by atoms with Gasteiger partial charge in [-0.3, -0.25) is 14.7 Å². The number of benzene rings is 2. The van der Waals surface area contributed by atoms with Gasteiger partial charge in [-0.15, -0.1) is 0 Å². The predicted octanol–water partition coefficient (Wildman–Crippen LogP) is 2.81. The van der Waals surface area contributed by atoms with Gasteiger partial charge in [0.1, 0.15) is 16.7 Å². The van der Waals surface area contributed by atoms with Crippen molar-refractivity contribution in [3.05, 3.63) is 78.6 Å². The van der Waals surface area contributed by atoms with Crippen LogP contribution in [0.5, 0.6) is 5.75 Å². The number of ether oxygens (including phenoxy) is 1. The van der Waals surface area contributed by atoms with Crippen molar-refractivity contribution in [2.45, 2.75) is 54.8 Å². The first-order chi connectivity index (χ1) is 19.3. The first-order valence-corrected chi connectivity index (χ1v) is 15.2. The highest BCUT2D eigenvalue weighted by atomic mass is 32.2. The highest BCUT2D eigenvalue weighted by Crippen LogP contribution is 2.37. The largest absolute Gasteiger partial charge is 0.492 e. The van der Waals surface area contributed by atoms with E-state index in [0.29, 0.717) is 19.3 Å². The van der Waals surface area contributed by atoms with Gasteiger partial charge in [-0.05, 0) is 47.7 Å². The second-order valence-corrected chi connectivity index (χ2v) is 12.9. The number of carbonyl (C=O) groups is 1. The van der Waals surface area contributed by atoms with E-state index >= 15 is 0 Å². The number of amides is 1. The molecule has 210 valence electrons. The van der Waals surface area contributed by atoms with E-state index in [2.05, 4.69) is 21.3 Å². The fraction of sp³-hybridized carbons (Fsp3) is 0.400. The number of sulfonamides is 1. The first kappa shape index (κ1) is 26.9. The highest BCUT2D eigenvalue weighted by Gasteiger charge is 2.47. The zero-order valence-electron chi connectivity index (χ0n) is 22.3. The molecule has 2 aromatic carbocycles. The molecule has 4 heterocycles. The Labute approximate surface area is 234 Å². The molecular formula is C30H34N4O5S. The van der Waals surface area contributed by atoms with Crippen molar-refractivity contribution in [2.75, 3.05) is 26.2 Å². The van der Waals surface area contributed by atoms with Crippen LogP contribution in [0.15, 0.2) is 78.0 Å². The van der Waals surface area contributed by atoms with Gasteiger partial charge in [0, 0.05) is 57.0 Å². The maximum atomic E-state index is 13.9. The van der Waals surface area contributed by atoms with E-state index in [4.69, 9.17) is 4.74 Å². The zero-order valence-corrected chi connectivity index (χ0v) is 23.1. The monoisotopic (exact) mass is 562 g/mol. The summed E-state index contributed by atoms with van der Waals surface area (Å²) in [7, 11) is -4.11. The van der Waals surface area contributed by atoms with Crippen molar-refractivity contribution in [1.29, 1.82) is 0 Å². The maximum absolute atomic E-state index is 13.9. The van der Waals surface area contributed by atoms with Crippen molar-refractivity contribution in [2.24, 2.45) is 0 Å². The number of aromatic nitrogens is 1. The molecule has 6 rings (SSSR count). The number of fused-ring (bicyclic) bond motifs is 2. The van der Waals surface area contributed by atoms with Crippen molar-refractivity contribution >= 4 is 15.9 Å². The number of nitrogens with one attached hydrogen (secondary N) is 1. The van der Waals surface area contributed by atoms with Crippen LogP contribution in [0.1, 0.15) is 31.2 Å². The van der Waals surface area contributed by atoms with Crippen LogP contribution < -0.4 is 10.1 Å². The first-order valence-electron chi connectivity index (χ1n) is 13.8. The number of rotatable bonds is 3. The van der Waals surface area contributed by atoms with E-state index in [1.807, 2.05) is 42.6 Å². The molecule has 0 radical (unpaired) electrons. The molecular weight excluding hydrogens is 528 g/mol. The van der Waals surface area contributed by atoms with Crippen LogP contribution in [0, 0.1) is 0 Å². The van der Waals surface area contributed by atoms with Gasteiger partial charge in [0.2, 0.25) is 15.9 Å². The van der Waals surface area contributed by atoms with Crippen LogP contribution in [0.3, 0.4) is 0 Å². The van der Waals surface area contributed by atoms with Crippen LogP contribution >= 0.6 is 0 Å². The van der Waals surface area contributed by atoms with E-state index in [9.17, 15) is 18.3 Å². The number of hydrogen-bond donors (Lipinski definition) is 2. The maximum Gasteiger partial charge on any atom is 0.247 e. The number of hydrogen-bond acceptors (Lipinski definition) is 7. The van der Waals surface area contributed by atoms with Crippen LogP contribution in [0.25, 0.3) is 11.1 Å². The van der Waals surface area contributed by atoms with E-state index < -0.39 is 27.7 Å². The predicted molar refractivity (Wildman–Crippen MR) is 150 cm³/mol. The van der Waals surface area contributed by atoms with Gasteiger partial charge >= 0.3 is 0 Å². The average Bonchev–Trinajstić information content (AvgIpc) is 3.37. The smallest absolute Gasteiger partial charge is 0.247 e. The van der Waals surface area contributed by atoms with Gasteiger partial charge in [0.05, 0.1) is 12.7 Å². The summed E-state index contributed by atoms with van der Waals surface area (Å²) < 4.78 is 35.2. The molecule has 3 aliphatic rings. The molecule has 2 saturated heterocycles. The minimum absolute atomic E-state index is 0.0151. The third kappa shape index (κ3) is 5.36. The molecule has 2 N–H and O–H groups in total. The van der Waals surface area contributed by atoms with Crippen molar-refractivity contribution in [1.82, 2.24) is 19.5 Å². The summed E-state index contributed by atoms with van der Waals surface area (Å²) in [6, 6.07) is 17.8.